The molecule has 0 spiro atoms. The van der Waals surface area contributed by atoms with Crippen LogP contribution in [0.15, 0.2) is 47.4 Å². The standard InChI is InChI=1S/C17H20N2O4S/c1-4-23-17(20)18-14-6-8-15(9-7-14)24(21,22)19-16-10-5-12(2)11-13(16)3/h5-11,19H,4H2,1-3H3,(H,18,20). The van der Waals surface area contributed by atoms with E-state index >= 15 is 0 Å². The molecule has 2 N–H and O–H groups in total. The van der Waals surface area contributed by atoms with Crippen LogP contribution in [0, 0.1) is 13.8 Å². The summed E-state index contributed by atoms with van der Waals surface area (Å²) in [4.78, 5) is 11.4. The van der Waals surface area contributed by atoms with Crippen molar-refractivity contribution in [1.29, 1.82) is 0 Å². The van der Waals surface area contributed by atoms with Gasteiger partial charge in [-0.3, -0.25) is 10.0 Å². The molecule has 0 aliphatic heterocycles. The van der Waals surface area contributed by atoms with Gasteiger partial charge in [0.15, 0.2) is 0 Å². The molecule has 0 fully saturated rings. The molecule has 0 aliphatic rings. The lowest BCUT2D eigenvalue weighted by molar-refractivity contribution is 0.168. The van der Waals surface area contributed by atoms with Gasteiger partial charge >= 0.3 is 6.09 Å². The maximum Gasteiger partial charge on any atom is 0.411 e. The Morgan fingerprint density at radius 1 is 1.08 bits per heavy atom. The Hall–Kier alpha value is -2.54. The average molecular weight is 348 g/mol. The third kappa shape index (κ3) is 4.48. The fourth-order valence-corrected chi connectivity index (χ4v) is 3.27. The molecule has 1 amide bonds. The molecule has 24 heavy (non-hydrogen) atoms. The highest BCUT2D eigenvalue weighted by molar-refractivity contribution is 7.92. The second-order valence-electron chi connectivity index (χ2n) is 5.29. The lowest BCUT2D eigenvalue weighted by Gasteiger charge is -2.12. The average Bonchev–Trinajstić information content (AvgIpc) is 2.51. The van der Waals surface area contributed by atoms with E-state index in [-0.39, 0.29) is 11.5 Å². The topological polar surface area (TPSA) is 84.5 Å². The molecule has 0 atom stereocenters. The van der Waals surface area contributed by atoms with Crippen molar-refractivity contribution in [3.05, 3.63) is 53.6 Å². The SMILES string of the molecule is CCOC(=O)Nc1ccc(S(=O)(=O)Nc2ccc(C)cc2C)cc1. The molecule has 0 saturated carbocycles. The Balaban J connectivity index is 2.16. The van der Waals surface area contributed by atoms with Crippen LogP contribution in [0.25, 0.3) is 0 Å². The predicted octanol–water partition coefficient (Wildman–Crippen LogP) is 3.67. The van der Waals surface area contributed by atoms with Crippen molar-refractivity contribution in [1.82, 2.24) is 0 Å². The summed E-state index contributed by atoms with van der Waals surface area (Å²) in [5, 5.41) is 2.51. The van der Waals surface area contributed by atoms with Gasteiger partial charge in [-0.2, -0.15) is 0 Å². The van der Waals surface area contributed by atoms with Crippen LogP contribution in [0.4, 0.5) is 16.2 Å². The van der Waals surface area contributed by atoms with E-state index in [1.54, 1.807) is 13.0 Å². The van der Waals surface area contributed by atoms with Crippen molar-refractivity contribution in [3.63, 3.8) is 0 Å². The molecule has 0 aromatic heterocycles. The number of benzene rings is 2. The van der Waals surface area contributed by atoms with Crippen LogP contribution < -0.4 is 10.0 Å². The summed E-state index contributed by atoms with van der Waals surface area (Å²) in [6.07, 6.45) is -0.582. The third-order valence-electron chi connectivity index (χ3n) is 3.31. The molecular formula is C17H20N2O4S. The summed E-state index contributed by atoms with van der Waals surface area (Å²) < 4.78 is 32.2. The van der Waals surface area contributed by atoms with Crippen LogP contribution in [0.2, 0.25) is 0 Å². The molecule has 0 bridgehead atoms. The summed E-state index contributed by atoms with van der Waals surface area (Å²) >= 11 is 0. The fraction of sp³-hybridized carbons (Fsp3) is 0.235. The molecule has 0 radical (unpaired) electrons. The molecule has 0 aliphatic carbocycles. The third-order valence-corrected chi connectivity index (χ3v) is 4.69. The number of rotatable bonds is 5. The molecule has 2 aromatic carbocycles. The number of anilines is 2. The van der Waals surface area contributed by atoms with Gasteiger partial charge in [0.25, 0.3) is 10.0 Å². The van der Waals surface area contributed by atoms with Gasteiger partial charge in [0, 0.05) is 5.69 Å². The molecule has 7 heteroatoms. The number of nitrogens with one attached hydrogen (secondary N) is 2. The van der Waals surface area contributed by atoms with Crippen LogP contribution in [-0.2, 0) is 14.8 Å². The molecule has 2 aromatic rings. The maximum absolute atomic E-state index is 12.5. The number of hydrogen-bond donors (Lipinski definition) is 2. The second kappa shape index (κ2) is 7.35. The number of aryl methyl sites for hydroxylation is 2. The number of carbonyl (C=O) groups is 1. The van der Waals surface area contributed by atoms with E-state index in [2.05, 4.69) is 10.0 Å². The van der Waals surface area contributed by atoms with Crippen molar-refractivity contribution in [3.8, 4) is 0 Å². The number of amides is 1. The van der Waals surface area contributed by atoms with E-state index in [1.807, 2.05) is 26.0 Å². The Kier molecular flexibility index (Phi) is 5.46. The second-order valence-corrected chi connectivity index (χ2v) is 6.98. The number of hydrogen-bond acceptors (Lipinski definition) is 4. The molecule has 128 valence electrons. The number of carbonyl (C=O) groups excluding carboxylic acids is 1. The molecule has 2 rings (SSSR count). The van der Waals surface area contributed by atoms with Crippen molar-refractivity contribution in [2.75, 3.05) is 16.6 Å². The van der Waals surface area contributed by atoms with Gasteiger partial charge in [-0.15, -0.1) is 0 Å². The van der Waals surface area contributed by atoms with Gasteiger partial charge in [0.1, 0.15) is 0 Å². The van der Waals surface area contributed by atoms with E-state index in [0.29, 0.717) is 11.4 Å². The number of sulfonamides is 1. The molecule has 0 unspecified atom stereocenters. The minimum absolute atomic E-state index is 0.108. The highest BCUT2D eigenvalue weighted by Gasteiger charge is 2.15. The van der Waals surface area contributed by atoms with E-state index < -0.39 is 16.1 Å². The van der Waals surface area contributed by atoms with Crippen molar-refractivity contribution in [2.24, 2.45) is 0 Å². The van der Waals surface area contributed by atoms with Crippen LogP contribution >= 0.6 is 0 Å². The fourth-order valence-electron chi connectivity index (χ4n) is 2.13. The van der Waals surface area contributed by atoms with Crippen LogP contribution in [0.3, 0.4) is 0 Å². The van der Waals surface area contributed by atoms with Crippen molar-refractivity contribution in [2.45, 2.75) is 25.7 Å². The van der Waals surface area contributed by atoms with Crippen LogP contribution in [0.5, 0.6) is 0 Å². The van der Waals surface area contributed by atoms with E-state index in [0.717, 1.165) is 11.1 Å². The zero-order chi connectivity index (χ0) is 17.7. The summed E-state index contributed by atoms with van der Waals surface area (Å²) in [6, 6.07) is 11.3. The highest BCUT2D eigenvalue weighted by atomic mass is 32.2. The summed E-state index contributed by atoms with van der Waals surface area (Å²) in [6.45, 7) is 5.75. The zero-order valence-electron chi connectivity index (χ0n) is 13.8. The first-order valence-corrected chi connectivity index (χ1v) is 8.94. The lowest BCUT2D eigenvalue weighted by Crippen LogP contribution is -2.15. The molecule has 6 nitrogen and oxygen atoms in total. The van der Waals surface area contributed by atoms with Crippen LogP contribution in [-0.4, -0.2) is 21.1 Å². The largest absolute Gasteiger partial charge is 0.450 e. The van der Waals surface area contributed by atoms with Gasteiger partial charge in [0.05, 0.1) is 17.2 Å². The van der Waals surface area contributed by atoms with E-state index in [9.17, 15) is 13.2 Å². The van der Waals surface area contributed by atoms with Gasteiger partial charge in [-0.05, 0) is 56.7 Å². The van der Waals surface area contributed by atoms with Gasteiger partial charge in [-0.1, -0.05) is 17.7 Å². The molecule has 0 saturated heterocycles. The molecule has 0 heterocycles. The minimum Gasteiger partial charge on any atom is -0.450 e. The lowest BCUT2D eigenvalue weighted by atomic mass is 10.1. The molecular weight excluding hydrogens is 328 g/mol. The number of ether oxygens (including phenoxy) is 1. The first-order chi connectivity index (χ1) is 11.3. The highest BCUT2D eigenvalue weighted by Crippen LogP contribution is 2.21. The Morgan fingerprint density at radius 3 is 2.33 bits per heavy atom. The van der Waals surface area contributed by atoms with Crippen molar-refractivity contribution < 1.29 is 17.9 Å². The summed E-state index contributed by atoms with van der Waals surface area (Å²) in [5.41, 5.74) is 2.90. The predicted molar refractivity (Wildman–Crippen MR) is 93.8 cm³/mol. The van der Waals surface area contributed by atoms with Crippen molar-refractivity contribution >= 4 is 27.5 Å². The Morgan fingerprint density at radius 2 is 1.75 bits per heavy atom. The van der Waals surface area contributed by atoms with E-state index in [1.165, 1.54) is 24.3 Å². The summed E-state index contributed by atoms with van der Waals surface area (Å²) in [5.74, 6) is 0. The van der Waals surface area contributed by atoms with Gasteiger partial charge < -0.3 is 4.74 Å². The van der Waals surface area contributed by atoms with Gasteiger partial charge in [0.2, 0.25) is 0 Å². The van der Waals surface area contributed by atoms with E-state index in [4.69, 9.17) is 4.74 Å². The smallest absolute Gasteiger partial charge is 0.411 e. The zero-order valence-corrected chi connectivity index (χ0v) is 14.6. The monoisotopic (exact) mass is 348 g/mol. The van der Waals surface area contributed by atoms with Crippen LogP contribution in [0.1, 0.15) is 18.1 Å². The summed E-state index contributed by atoms with van der Waals surface area (Å²) in [7, 11) is -3.70. The first-order valence-electron chi connectivity index (χ1n) is 7.46. The first kappa shape index (κ1) is 17.8. The minimum atomic E-state index is -3.70. The van der Waals surface area contributed by atoms with Gasteiger partial charge in [-0.25, -0.2) is 13.2 Å². The quantitative estimate of drug-likeness (QED) is 0.863. The maximum atomic E-state index is 12.5. The Bertz CT molecular complexity index is 830. The normalized spacial score (nSPS) is 11.0. The Labute approximate surface area is 141 Å².